The summed E-state index contributed by atoms with van der Waals surface area (Å²) in [6.45, 7) is 0.578. The number of hydrogen-bond acceptors (Lipinski definition) is 6. The van der Waals surface area contributed by atoms with E-state index in [9.17, 15) is 4.79 Å². The van der Waals surface area contributed by atoms with Crippen molar-refractivity contribution < 1.29 is 4.79 Å². The van der Waals surface area contributed by atoms with Crippen LogP contribution in [-0.2, 0) is 19.4 Å². The zero-order chi connectivity index (χ0) is 24.4. The number of nitriles is 1. The molecule has 2 atom stereocenters. The van der Waals surface area contributed by atoms with E-state index in [1.165, 1.54) is 4.88 Å². The molecule has 0 radical (unpaired) electrons. The molecule has 1 aromatic carbocycles. The van der Waals surface area contributed by atoms with Crippen LogP contribution in [0.3, 0.4) is 0 Å². The number of hydrogen-bond donors (Lipinski definition) is 1. The zero-order valence-electron chi connectivity index (χ0n) is 19.9. The molecule has 0 spiro atoms. The molecular formula is C27H28N6OS. The monoisotopic (exact) mass is 484 g/mol. The van der Waals surface area contributed by atoms with Gasteiger partial charge in [0, 0.05) is 34.2 Å². The minimum absolute atomic E-state index is 0.143. The summed E-state index contributed by atoms with van der Waals surface area (Å²) in [5.74, 6) is 0.0887. The first kappa shape index (κ1) is 23.2. The molecule has 1 unspecified atom stereocenters. The Balaban J connectivity index is 1.23. The number of fused-ring (bicyclic) bond motifs is 1. The fourth-order valence-corrected chi connectivity index (χ4v) is 5.70. The molecule has 2 aromatic heterocycles. The van der Waals surface area contributed by atoms with Crippen molar-refractivity contribution in [2.45, 2.75) is 44.2 Å². The van der Waals surface area contributed by atoms with Crippen LogP contribution in [0, 0.1) is 11.3 Å². The highest BCUT2D eigenvalue weighted by atomic mass is 32.1. The predicted octanol–water partition coefficient (Wildman–Crippen LogP) is 4.55. The van der Waals surface area contributed by atoms with E-state index in [2.05, 4.69) is 46.5 Å². The van der Waals surface area contributed by atoms with Gasteiger partial charge in [0.05, 0.1) is 24.5 Å². The Labute approximate surface area is 209 Å². The molecule has 35 heavy (non-hydrogen) atoms. The highest BCUT2D eigenvalue weighted by molar-refractivity contribution is 7.15. The van der Waals surface area contributed by atoms with Crippen LogP contribution >= 0.6 is 11.3 Å². The first-order chi connectivity index (χ1) is 17.0. The number of nitrogens with zero attached hydrogens (tertiary/aromatic N) is 5. The molecule has 0 fully saturated rings. The van der Waals surface area contributed by atoms with Crippen molar-refractivity contribution in [1.82, 2.24) is 19.7 Å². The lowest BCUT2D eigenvalue weighted by atomic mass is 9.92. The third kappa shape index (κ3) is 5.26. The summed E-state index contributed by atoms with van der Waals surface area (Å²) in [5, 5.41) is 17.2. The van der Waals surface area contributed by atoms with Crippen molar-refractivity contribution >= 4 is 22.4 Å². The van der Waals surface area contributed by atoms with Crippen molar-refractivity contribution in [3.05, 3.63) is 87.7 Å². The van der Waals surface area contributed by atoms with Crippen LogP contribution in [0.1, 0.15) is 50.8 Å². The Bertz CT molecular complexity index is 1340. The summed E-state index contributed by atoms with van der Waals surface area (Å²) in [6.07, 6.45) is 13.6. The lowest BCUT2D eigenvalue weighted by Crippen LogP contribution is -2.32. The molecule has 178 valence electrons. The van der Waals surface area contributed by atoms with Gasteiger partial charge in [0.1, 0.15) is 0 Å². The third-order valence-corrected chi connectivity index (χ3v) is 7.74. The number of carbonyl (C=O) groups excluding carboxylic acids is 1. The lowest BCUT2D eigenvalue weighted by Gasteiger charge is -2.27. The number of anilines is 1. The highest BCUT2D eigenvalue weighted by Crippen LogP contribution is 2.31. The summed E-state index contributed by atoms with van der Waals surface area (Å²) in [7, 11) is 4.23. The van der Waals surface area contributed by atoms with Crippen molar-refractivity contribution in [2.75, 3.05) is 19.4 Å². The van der Waals surface area contributed by atoms with E-state index in [1.54, 1.807) is 11.3 Å². The van der Waals surface area contributed by atoms with Crippen LogP contribution < -0.4 is 5.32 Å². The van der Waals surface area contributed by atoms with E-state index in [4.69, 9.17) is 5.26 Å². The van der Waals surface area contributed by atoms with Gasteiger partial charge in [-0.25, -0.2) is 4.98 Å². The smallest absolute Gasteiger partial charge is 0.257 e. The maximum Gasteiger partial charge on any atom is 0.257 e. The van der Waals surface area contributed by atoms with Gasteiger partial charge in [-0.05, 0) is 69.1 Å². The van der Waals surface area contributed by atoms with Crippen LogP contribution in [0.4, 0.5) is 5.13 Å². The molecule has 0 bridgehead atoms. The van der Waals surface area contributed by atoms with Gasteiger partial charge in [0.2, 0.25) is 0 Å². The van der Waals surface area contributed by atoms with Crippen LogP contribution in [0.5, 0.6) is 0 Å². The average molecular weight is 485 g/mol. The number of nitrogens with one attached hydrogen (secondary N) is 1. The summed E-state index contributed by atoms with van der Waals surface area (Å²) in [4.78, 5) is 21.2. The molecule has 5 rings (SSSR count). The zero-order valence-corrected chi connectivity index (χ0v) is 20.8. The molecule has 2 aliphatic rings. The normalized spacial score (nSPS) is 19.2. The van der Waals surface area contributed by atoms with Crippen molar-refractivity contribution in [1.29, 1.82) is 5.26 Å². The van der Waals surface area contributed by atoms with Gasteiger partial charge in [0.25, 0.3) is 5.91 Å². The molecule has 0 aliphatic heterocycles. The number of aromatic nitrogens is 3. The van der Waals surface area contributed by atoms with Crippen molar-refractivity contribution in [2.24, 2.45) is 0 Å². The van der Waals surface area contributed by atoms with Gasteiger partial charge in [-0.3, -0.25) is 14.8 Å². The quantitative estimate of drug-likeness (QED) is 0.555. The molecule has 8 heteroatoms. The Hall–Kier alpha value is -3.54. The van der Waals surface area contributed by atoms with E-state index >= 15 is 0 Å². The van der Waals surface area contributed by atoms with Gasteiger partial charge in [-0.2, -0.15) is 10.4 Å². The Morgan fingerprint density at radius 2 is 2.26 bits per heavy atom. The largest absolute Gasteiger partial charge is 0.306 e. The first-order valence-corrected chi connectivity index (χ1v) is 12.7. The fourth-order valence-electron chi connectivity index (χ4n) is 4.63. The average Bonchev–Trinajstić information content (AvgIpc) is 3.50. The highest BCUT2D eigenvalue weighted by Gasteiger charge is 2.24. The third-order valence-electron chi connectivity index (χ3n) is 6.71. The summed E-state index contributed by atoms with van der Waals surface area (Å²) in [5.41, 5.74) is 4.56. The molecule has 0 saturated heterocycles. The van der Waals surface area contributed by atoms with E-state index in [0.717, 1.165) is 42.5 Å². The molecule has 7 nitrogen and oxygen atoms in total. The Morgan fingerprint density at radius 1 is 1.37 bits per heavy atom. The van der Waals surface area contributed by atoms with Gasteiger partial charge in [-0.1, -0.05) is 24.3 Å². The summed E-state index contributed by atoms with van der Waals surface area (Å²) in [6, 6.07) is 10.4. The minimum Gasteiger partial charge on any atom is -0.306 e. The Kier molecular flexibility index (Phi) is 6.62. The second-order valence-electron chi connectivity index (χ2n) is 9.35. The number of thiazole rings is 1. The van der Waals surface area contributed by atoms with Crippen LogP contribution in [0.15, 0.2) is 60.5 Å². The number of carbonyl (C=O) groups is 1. The second-order valence-corrected chi connectivity index (χ2v) is 10.4. The van der Waals surface area contributed by atoms with E-state index < -0.39 is 0 Å². The molecule has 2 aliphatic carbocycles. The number of likely N-dealkylation sites (N-methyl/N-ethyl adjacent to an activating group) is 1. The number of allylic oxidation sites excluding steroid dienone is 4. The number of benzene rings is 1. The molecular weight excluding hydrogens is 456 g/mol. The topological polar surface area (TPSA) is 86.8 Å². The van der Waals surface area contributed by atoms with Gasteiger partial charge in [-0.15, -0.1) is 11.3 Å². The van der Waals surface area contributed by atoms with Gasteiger partial charge in [0.15, 0.2) is 5.13 Å². The SMILES string of the molecule is CN(C)[C@H]1CCc2nc(NC(=O)c3cccc(Cn4cc(C5C=CC(C#N)=CC5)cn4)c3)sc2C1. The summed E-state index contributed by atoms with van der Waals surface area (Å²) >= 11 is 1.59. The first-order valence-electron chi connectivity index (χ1n) is 11.8. The Morgan fingerprint density at radius 3 is 3.03 bits per heavy atom. The molecule has 0 saturated carbocycles. The number of rotatable bonds is 6. The van der Waals surface area contributed by atoms with E-state index in [-0.39, 0.29) is 11.8 Å². The number of amides is 1. The van der Waals surface area contributed by atoms with E-state index in [1.807, 2.05) is 53.5 Å². The molecule has 3 aromatic rings. The lowest BCUT2D eigenvalue weighted by molar-refractivity contribution is 0.102. The maximum absolute atomic E-state index is 13.0. The molecule has 2 heterocycles. The van der Waals surface area contributed by atoms with Gasteiger partial charge < -0.3 is 4.90 Å². The standard InChI is InChI=1S/C27H28N6OS/c1-32(2)23-10-11-24-25(13-23)35-27(30-24)31-26(34)21-5-3-4-19(12-21)16-33-17-22(15-29-33)20-8-6-18(14-28)7-9-20/h3-8,12,15,17,20,23H,9-11,13,16H2,1-2H3,(H,30,31,34)/t20?,23-/m0/s1. The van der Waals surface area contributed by atoms with Crippen LogP contribution in [-0.4, -0.2) is 45.7 Å². The van der Waals surface area contributed by atoms with Crippen molar-refractivity contribution in [3.8, 4) is 6.07 Å². The van der Waals surface area contributed by atoms with Crippen LogP contribution in [0.2, 0.25) is 0 Å². The maximum atomic E-state index is 13.0. The number of aryl methyl sites for hydroxylation is 1. The van der Waals surface area contributed by atoms with E-state index in [0.29, 0.717) is 28.9 Å². The predicted molar refractivity (Wildman–Crippen MR) is 138 cm³/mol. The van der Waals surface area contributed by atoms with Crippen molar-refractivity contribution in [3.63, 3.8) is 0 Å². The van der Waals surface area contributed by atoms with Gasteiger partial charge >= 0.3 is 0 Å². The minimum atomic E-state index is -0.143. The molecule has 1 N–H and O–H groups in total. The van der Waals surface area contributed by atoms with Crippen LogP contribution in [0.25, 0.3) is 0 Å². The molecule has 1 amide bonds. The second kappa shape index (κ2) is 9.98. The fraction of sp³-hybridized carbons (Fsp3) is 0.333. The summed E-state index contributed by atoms with van der Waals surface area (Å²) < 4.78 is 1.89.